The summed E-state index contributed by atoms with van der Waals surface area (Å²) in [5.41, 5.74) is 2.78. The molecule has 0 spiro atoms. The lowest BCUT2D eigenvalue weighted by molar-refractivity contribution is -0.132. The Morgan fingerprint density at radius 3 is 2.79 bits per heavy atom. The van der Waals surface area contributed by atoms with E-state index in [-0.39, 0.29) is 11.7 Å². The molecule has 1 aromatic heterocycles. The highest BCUT2D eigenvalue weighted by Crippen LogP contribution is 2.32. The van der Waals surface area contributed by atoms with Crippen molar-refractivity contribution in [3.63, 3.8) is 0 Å². The van der Waals surface area contributed by atoms with Gasteiger partial charge in [0.1, 0.15) is 5.82 Å². The van der Waals surface area contributed by atoms with Gasteiger partial charge in [-0.1, -0.05) is 0 Å². The Hall–Kier alpha value is -2.17. The average Bonchev–Trinajstić information content (AvgIpc) is 3.40. The second-order valence-corrected chi connectivity index (χ2v) is 6.88. The number of amides is 1. The number of hydrogen-bond acceptors (Lipinski definition) is 3. The van der Waals surface area contributed by atoms with E-state index in [0.717, 1.165) is 67.7 Å². The highest BCUT2D eigenvalue weighted by molar-refractivity contribution is 5.92. The van der Waals surface area contributed by atoms with Crippen LogP contribution in [0.3, 0.4) is 0 Å². The number of pyridine rings is 1. The van der Waals surface area contributed by atoms with E-state index in [0.29, 0.717) is 5.91 Å². The molecule has 2 aromatic rings. The molecule has 0 radical (unpaired) electrons. The molecule has 0 unspecified atom stereocenters. The molecule has 5 heteroatoms. The lowest BCUT2D eigenvalue weighted by Crippen LogP contribution is -2.36. The second-order valence-electron chi connectivity index (χ2n) is 6.88. The molecule has 1 aliphatic carbocycles. The van der Waals surface area contributed by atoms with Gasteiger partial charge in [-0.25, -0.2) is 4.39 Å². The third-order valence-corrected chi connectivity index (χ3v) is 4.95. The maximum Gasteiger partial charge on any atom is 0.225 e. The van der Waals surface area contributed by atoms with Crippen molar-refractivity contribution in [2.24, 2.45) is 5.92 Å². The van der Waals surface area contributed by atoms with Gasteiger partial charge in [-0.05, 0) is 50.5 Å². The predicted molar refractivity (Wildman–Crippen MR) is 92.6 cm³/mol. The maximum absolute atomic E-state index is 13.7. The molecule has 0 atom stereocenters. The number of fused-ring (bicyclic) bond motifs is 1. The van der Waals surface area contributed by atoms with Crippen LogP contribution in [0, 0.1) is 18.7 Å². The van der Waals surface area contributed by atoms with Crippen LogP contribution in [-0.4, -0.2) is 42.0 Å². The molecule has 1 saturated heterocycles. The fourth-order valence-corrected chi connectivity index (χ4v) is 3.54. The van der Waals surface area contributed by atoms with Crippen LogP contribution in [0.15, 0.2) is 24.3 Å². The van der Waals surface area contributed by atoms with Crippen LogP contribution in [0.4, 0.5) is 10.1 Å². The summed E-state index contributed by atoms with van der Waals surface area (Å²) >= 11 is 0. The van der Waals surface area contributed by atoms with E-state index in [9.17, 15) is 9.18 Å². The number of rotatable bonds is 2. The number of aryl methyl sites for hydroxylation is 1. The van der Waals surface area contributed by atoms with E-state index >= 15 is 0 Å². The van der Waals surface area contributed by atoms with Crippen molar-refractivity contribution in [1.82, 2.24) is 9.88 Å². The summed E-state index contributed by atoms with van der Waals surface area (Å²) in [6.45, 7) is 5.19. The molecule has 0 bridgehead atoms. The van der Waals surface area contributed by atoms with Crippen molar-refractivity contribution in [1.29, 1.82) is 0 Å². The molecule has 2 fully saturated rings. The van der Waals surface area contributed by atoms with Crippen LogP contribution < -0.4 is 4.90 Å². The number of halogens is 1. The van der Waals surface area contributed by atoms with E-state index in [1.165, 1.54) is 6.07 Å². The second kappa shape index (κ2) is 6.04. The van der Waals surface area contributed by atoms with Gasteiger partial charge in [0.15, 0.2) is 0 Å². The van der Waals surface area contributed by atoms with Gasteiger partial charge in [-0.15, -0.1) is 0 Å². The summed E-state index contributed by atoms with van der Waals surface area (Å²) in [5, 5.41) is 0.850. The van der Waals surface area contributed by atoms with Gasteiger partial charge >= 0.3 is 0 Å². The molecule has 1 amide bonds. The SMILES string of the molecule is Cc1cc(N2CCCN(C(=O)C3CC3)CC2)c2cc(F)ccc2n1. The molecular formula is C19H22FN3O. The van der Waals surface area contributed by atoms with Crippen molar-refractivity contribution in [2.75, 3.05) is 31.1 Å². The molecule has 2 heterocycles. The zero-order valence-electron chi connectivity index (χ0n) is 14.0. The van der Waals surface area contributed by atoms with Gasteiger partial charge in [0, 0.05) is 48.9 Å². The first-order chi connectivity index (χ1) is 11.6. The van der Waals surface area contributed by atoms with Gasteiger partial charge in [0.2, 0.25) is 5.91 Å². The minimum absolute atomic E-state index is 0.241. The van der Waals surface area contributed by atoms with Crippen LogP contribution in [0.25, 0.3) is 10.9 Å². The molecular weight excluding hydrogens is 305 g/mol. The van der Waals surface area contributed by atoms with Crippen molar-refractivity contribution >= 4 is 22.5 Å². The average molecular weight is 327 g/mol. The van der Waals surface area contributed by atoms with Crippen molar-refractivity contribution < 1.29 is 9.18 Å². The summed E-state index contributed by atoms with van der Waals surface area (Å²) in [7, 11) is 0. The monoisotopic (exact) mass is 327 g/mol. The fraction of sp³-hybridized carbons (Fsp3) is 0.474. The van der Waals surface area contributed by atoms with E-state index in [4.69, 9.17) is 0 Å². The van der Waals surface area contributed by atoms with Crippen LogP contribution in [0.5, 0.6) is 0 Å². The number of nitrogens with zero attached hydrogens (tertiary/aromatic N) is 3. The predicted octanol–water partition coefficient (Wildman–Crippen LogP) is 3.13. The molecule has 24 heavy (non-hydrogen) atoms. The van der Waals surface area contributed by atoms with Crippen LogP contribution in [0.1, 0.15) is 25.0 Å². The molecule has 1 saturated carbocycles. The lowest BCUT2D eigenvalue weighted by atomic mass is 10.1. The number of hydrogen-bond donors (Lipinski definition) is 0. The topological polar surface area (TPSA) is 36.4 Å². The highest BCUT2D eigenvalue weighted by atomic mass is 19.1. The van der Waals surface area contributed by atoms with Gasteiger partial charge < -0.3 is 9.80 Å². The van der Waals surface area contributed by atoms with Crippen molar-refractivity contribution in [2.45, 2.75) is 26.2 Å². The lowest BCUT2D eigenvalue weighted by Gasteiger charge is -2.25. The van der Waals surface area contributed by atoms with E-state index in [1.54, 1.807) is 12.1 Å². The smallest absolute Gasteiger partial charge is 0.225 e. The van der Waals surface area contributed by atoms with Gasteiger partial charge in [-0.2, -0.15) is 0 Å². The number of anilines is 1. The van der Waals surface area contributed by atoms with Gasteiger partial charge in [-0.3, -0.25) is 9.78 Å². The van der Waals surface area contributed by atoms with Crippen LogP contribution in [0.2, 0.25) is 0 Å². The molecule has 1 aliphatic heterocycles. The van der Waals surface area contributed by atoms with E-state index < -0.39 is 0 Å². The summed E-state index contributed by atoms with van der Waals surface area (Å²) in [4.78, 5) is 21.1. The molecule has 1 aromatic carbocycles. The van der Waals surface area contributed by atoms with Crippen LogP contribution in [-0.2, 0) is 4.79 Å². The normalized spacial score (nSPS) is 18.8. The Bertz CT molecular complexity index is 788. The van der Waals surface area contributed by atoms with Crippen molar-refractivity contribution in [3.05, 3.63) is 35.8 Å². The minimum atomic E-state index is -0.241. The molecule has 4 rings (SSSR count). The summed E-state index contributed by atoms with van der Waals surface area (Å²) in [6.07, 6.45) is 3.04. The van der Waals surface area contributed by atoms with E-state index in [2.05, 4.69) is 9.88 Å². The number of benzene rings is 1. The minimum Gasteiger partial charge on any atom is -0.369 e. The number of carbonyl (C=O) groups is 1. The molecule has 0 N–H and O–H groups in total. The standard InChI is InChI=1S/C19H22FN3O/c1-13-11-18(16-12-15(20)5-6-17(16)21-13)22-7-2-8-23(10-9-22)19(24)14-3-4-14/h5-6,11-12,14H,2-4,7-10H2,1H3. The molecule has 2 aliphatic rings. The third kappa shape index (κ3) is 2.95. The maximum atomic E-state index is 13.7. The molecule has 4 nitrogen and oxygen atoms in total. The Morgan fingerprint density at radius 2 is 2.00 bits per heavy atom. The molecule has 126 valence electrons. The summed E-state index contributed by atoms with van der Waals surface area (Å²) < 4.78 is 13.7. The first-order valence-electron chi connectivity index (χ1n) is 8.72. The highest BCUT2D eigenvalue weighted by Gasteiger charge is 2.34. The van der Waals surface area contributed by atoms with Crippen LogP contribution >= 0.6 is 0 Å². The largest absolute Gasteiger partial charge is 0.369 e. The zero-order chi connectivity index (χ0) is 16.7. The first-order valence-corrected chi connectivity index (χ1v) is 8.72. The third-order valence-electron chi connectivity index (χ3n) is 4.95. The Labute approximate surface area is 141 Å². The first kappa shape index (κ1) is 15.4. The number of carbonyl (C=O) groups excluding carboxylic acids is 1. The van der Waals surface area contributed by atoms with E-state index in [1.807, 2.05) is 17.9 Å². The number of aromatic nitrogens is 1. The van der Waals surface area contributed by atoms with Gasteiger partial charge in [0.05, 0.1) is 5.52 Å². The zero-order valence-corrected chi connectivity index (χ0v) is 14.0. The van der Waals surface area contributed by atoms with Gasteiger partial charge in [0.25, 0.3) is 0 Å². The van der Waals surface area contributed by atoms with Crippen molar-refractivity contribution in [3.8, 4) is 0 Å². The Kier molecular flexibility index (Phi) is 3.87. The summed E-state index contributed by atoms with van der Waals surface area (Å²) in [6, 6.07) is 6.79. The summed E-state index contributed by atoms with van der Waals surface area (Å²) in [5.74, 6) is 0.350. The quantitative estimate of drug-likeness (QED) is 0.850. The Morgan fingerprint density at radius 1 is 1.17 bits per heavy atom. The fourth-order valence-electron chi connectivity index (χ4n) is 3.54. The Balaban J connectivity index is 1.62.